The highest BCUT2D eigenvalue weighted by molar-refractivity contribution is 5.84. The Morgan fingerprint density at radius 3 is 2.77 bits per heavy atom. The van der Waals surface area contributed by atoms with Crippen LogP contribution in [0.2, 0.25) is 0 Å². The van der Waals surface area contributed by atoms with Crippen LogP contribution >= 0.6 is 0 Å². The number of rotatable bonds is 2. The second-order valence-corrected chi connectivity index (χ2v) is 9.26. The Morgan fingerprint density at radius 2 is 2.03 bits per heavy atom. The van der Waals surface area contributed by atoms with Gasteiger partial charge in [-0.1, -0.05) is 0 Å². The number of aromatic amines is 1. The summed E-state index contributed by atoms with van der Waals surface area (Å²) in [5.74, 6) is 0.403. The maximum atomic E-state index is 13.7. The monoisotopic (exact) mass is 423 g/mol. The van der Waals surface area contributed by atoms with E-state index >= 15 is 0 Å². The SMILES string of the molecule is CC(C)(C)OC(=O)N1CC[C@@H]2[C@H]1[C@@H](c1c[nH]c3cc(F)ccc13)CN2c1ncccn1. The van der Waals surface area contributed by atoms with Gasteiger partial charge in [-0.25, -0.2) is 19.2 Å². The topological polar surface area (TPSA) is 74.3 Å². The van der Waals surface area contributed by atoms with E-state index in [-0.39, 0.29) is 29.9 Å². The molecule has 0 aliphatic carbocycles. The van der Waals surface area contributed by atoms with Crippen molar-refractivity contribution in [1.29, 1.82) is 0 Å². The molecule has 2 aromatic heterocycles. The van der Waals surface area contributed by atoms with Crippen molar-refractivity contribution in [3.8, 4) is 0 Å². The average molecular weight is 423 g/mol. The molecule has 1 amide bonds. The number of amides is 1. The molecule has 7 nitrogen and oxygen atoms in total. The maximum Gasteiger partial charge on any atom is 0.410 e. The van der Waals surface area contributed by atoms with E-state index < -0.39 is 5.60 Å². The molecule has 3 aromatic rings. The zero-order valence-corrected chi connectivity index (χ0v) is 17.9. The maximum absolute atomic E-state index is 13.7. The first kappa shape index (κ1) is 19.8. The zero-order chi connectivity index (χ0) is 21.8. The van der Waals surface area contributed by atoms with Crippen LogP contribution in [-0.4, -0.2) is 56.7 Å². The van der Waals surface area contributed by atoms with E-state index in [9.17, 15) is 9.18 Å². The molecule has 1 N–H and O–H groups in total. The molecule has 0 unspecified atom stereocenters. The number of likely N-dealkylation sites (tertiary alicyclic amines) is 1. The number of carbonyl (C=O) groups excluding carboxylic acids is 1. The van der Waals surface area contributed by atoms with E-state index in [1.807, 2.05) is 31.9 Å². The molecule has 8 heteroatoms. The lowest BCUT2D eigenvalue weighted by Crippen LogP contribution is -2.44. The van der Waals surface area contributed by atoms with E-state index in [1.165, 1.54) is 12.1 Å². The van der Waals surface area contributed by atoms with Gasteiger partial charge in [0.05, 0.1) is 12.1 Å². The Labute approximate surface area is 180 Å². The number of hydrogen-bond acceptors (Lipinski definition) is 5. The third-order valence-electron chi connectivity index (χ3n) is 6.14. The van der Waals surface area contributed by atoms with Crippen LogP contribution in [0.3, 0.4) is 0 Å². The largest absolute Gasteiger partial charge is 0.444 e. The summed E-state index contributed by atoms with van der Waals surface area (Å²) >= 11 is 0. The first-order valence-corrected chi connectivity index (χ1v) is 10.6. The lowest BCUT2D eigenvalue weighted by Gasteiger charge is -2.31. The summed E-state index contributed by atoms with van der Waals surface area (Å²) in [5.41, 5.74) is 1.26. The first-order chi connectivity index (χ1) is 14.8. The number of ether oxygens (including phenoxy) is 1. The molecule has 0 radical (unpaired) electrons. The summed E-state index contributed by atoms with van der Waals surface area (Å²) in [6.45, 7) is 6.92. The molecule has 2 aliphatic heterocycles. The standard InChI is InChI=1S/C23H26FN5O2/c1-23(2,3)31-22(30)28-10-7-19-20(28)17(13-29(19)21-25-8-4-9-26-21)16-12-27-18-11-14(24)5-6-15(16)18/h4-6,8-9,11-12,17,19-20,27H,7,10,13H2,1-3H3/t17-,19-,20-/m1/s1. The van der Waals surface area contributed by atoms with Gasteiger partial charge in [-0.3, -0.25) is 0 Å². The molecule has 3 atom stereocenters. The highest BCUT2D eigenvalue weighted by atomic mass is 19.1. The summed E-state index contributed by atoms with van der Waals surface area (Å²) in [5, 5.41) is 0.969. The molecular weight excluding hydrogens is 397 g/mol. The van der Waals surface area contributed by atoms with Crippen molar-refractivity contribution >= 4 is 22.9 Å². The highest BCUT2D eigenvalue weighted by Gasteiger charge is 2.52. The quantitative estimate of drug-likeness (QED) is 0.672. The normalized spacial score (nSPS) is 23.4. The van der Waals surface area contributed by atoms with Crippen LogP contribution in [0, 0.1) is 5.82 Å². The minimum absolute atomic E-state index is 0.0167. The fraction of sp³-hybridized carbons (Fsp3) is 0.435. The molecule has 2 saturated heterocycles. The summed E-state index contributed by atoms with van der Waals surface area (Å²) in [4.78, 5) is 29.2. The molecule has 2 fully saturated rings. The lowest BCUT2D eigenvalue weighted by atomic mass is 9.91. The minimum atomic E-state index is -0.566. The second kappa shape index (κ2) is 7.21. The number of nitrogens with zero attached hydrogens (tertiary/aromatic N) is 4. The Kier molecular flexibility index (Phi) is 4.60. The first-order valence-electron chi connectivity index (χ1n) is 10.6. The number of benzene rings is 1. The van der Waals surface area contributed by atoms with Gasteiger partial charge >= 0.3 is 6.09 Å². The van der Waals surface area contributed by atoms with Gasteiger partial charge in [0.25, 0.3) is 0 Å². The van der Waals surface area contributed by atoms with Crippen LogP contribution < -0.4 is 4.90 Å². The second-order valence-electron chi connectivity index (χ2n) is 9.26. The molecule has 2 aliphatic rings. The van der Waals surface area contributed by atoms with Crippen molar-refractivity contribution in [1.82, 2.24) is 19.9 Å². The Balaban J connectivity index is 1.55. The van der Waals surface area contributed by atoms with Gasteiger partial charge in [0.2, 0.25) is 5.95 Å². The van der Waals surface area contributed by atoms with Crippen LogP contribution in [0.4, 0.5) is 15.1 Å². The molecule has 5 rings (SSSR count). The number of anilines is 1. The zero-order valence-electron chi connectivity index (χ0n) is 17.9. The third-order valence-corrected chi connectivity index (χ3v) is 6.14. The van der Waals surface area contributed by atoms with Gasteiger partial charge in [0.15, 0.2) is 0 Å². The van der Waals surface area contributed by atoms with E-state index in [2.05, 4.69) is 19.9 Å². The number of nitrogens with one attached hydrogen (secondary N) is 1. The molecule has 1 aromatic carbocycles. The molecule has 0 saturated carbocycles. The number of H-pyrrole nitrogens is 1. The van der Waals surface area contributed by atoms with Crippen LogP contribution in [-0.2, 0) is 4.74 Å². The Hall–Kier alpha value is -3.16. The van der Waals surface area contributed by atoms with Crippen LogP contribution in [0.15, 0.2) is 42.9 Å². The predicted octanol–water partition coefficient (Wildman–Crippen LogP) is 4.08. The van der Waals surface area contributed by atoms with E-state index in [1.54, 1.807) is 24.5 Å². The highest BCUT2D eigenvalue weighted by Crippen LogP contribution is 2.44. The smallest absolute Gasteiger partial charge is 0.410 e. The Bertz CT molecular complexity index is 1110. The van der Waals surface area contributed by atoms with Crippen molar-refractivity contribution in [2.75, 3.05) is 18.0 Å². The van der Waals surface area contributed by atoms with Gasteiger partial charge < -0.3 is 19.5 Å². The van der Waals surface area contributed by atoms with Gasteiger partial charge in [-0.15, -0.1) is 0 Å². The predicted molar refractivity (Wildman–Crippen MR) is 116 cm³/mol. The number of carbonyl (C=O) groups is 1. The van der Waals surface area contributed by atoms with E-state index in [0.29, 0.717) is 19.0 Å². The van der Waals surface area contributed by atoms with Crippen LogP contribution in [0.1, 0.15) is 38.7 Å². The Morgan fingerprint density at radius 1 is 1.26 bits per heavy atom. The fourth-order valence-electron chi connectivity index (χ4n) is 4.99. The van der Waals surface area contributed by atoms with Gasteiger partial charge in [-0.05, 0) is 57.0 Å². The fourth-order valence-corrected chi connectivity index (χ4v) is 4.99. The molecular formula is C23H26FN5O2. The minimum Gasteiger partial charge on any atom is -0.444 e. The number of fused-ring (bicyclic) bond motifs is 2. The summed E-state index contributed by atoms with van der Waals surface area (Å²) in [6.07, 6.45) is 5.92. The van der Waals surface area contributed by atoms with Crippen molar-refractivity contribution < 1.29 is 13.9 Å². The van der Waals surface area contributed by atoms with Crippen molar-refractivity contribution in [3.63, 3.8) is 0 Å². The third kappa shape index (κ3) is 3.49. The summed E-state index contributed by atoms with van der Waals surface area (Å²) in [7, 11) is 0. The lowest BCUT2D eigenvalue weighted by molar-refractivity contribution is 0.0215. The van der Waals surface area contributed by atoms with Crippen LogP contribution in [0.5, 0.6) is 0 Å². The van der Waals surface area contributed by atoms with Crippen molar-refractivity contribution in [2.24, 2.45) is 0 Å². The van der Waals surface area contributed by atoms with Gasteiger partial charge in [-0.2, -0.15) is 0 Å². The summed E-state index contributed by atoms with van der Waals surface area (Å²) in [6, 6.07) is 6.59. The molecule has 0 spiro atoms. The van der Waals surface area contributed by atoms with Gasteiger partial charge in [0.1, 0.15) is 11.4 Å². The molecule has 4 heterocycles. The van der Waals surface area contributed by atoms with Crippen molar-refractivity contribution in [3.05, 3.63) is 54.2 Å². The average Bonchev–Trinajstić information content (AvgIpc) is 3.40. The molecule has 31 heavy (non-hydrogen) atoms. The molecule has 0 bridgehead atoms. The number of hydrogen-bond donors (Lipinski definition) is 1. The van der Waals surface area contributed by atoms with Gasteiger partial charge in [0, 0.05) is 48.5 Å². The molecule has 162 valence electrons. The van der Waals surface area contributed by atoms with E-state index in [0.717, 1.165) is 22.9 Å². The number of halogens is 1. The van der Waals surface area contributed by atoms with Crippen molar-refractivity contribution in [2.45, 2.75) is 50.8 Å². The van der Waals surface area contributed by atoms with Crippen LogP contribution in [0.25, 0.3) is 10.9 Å². The van der Waals surface area contributed by atoms with E-state index in [4.69, 9.17) is 4.74 Å². The number of aromatic nitrogens is 3. The summed E-state index contributed by atoms with van der Waals surface area (Å²) < 4.78 is 19.5.